The van der Waals surface area contributed by atoms with Crippen molar-refractivity contribution in [2.75, 3.05) is 18.5 Å². The lowest BCUT2D eigenvalue weighted by Gasteiger charge is -2.19. The van der Waals surface area contributed by atoms with E-state index in [2.05, 4.69) is 16.9 Å². The van der Waals surface area contributed by atoms with Crippen molar-refractivity contribution in [3.8, 4) is 28.5 Å². The van der Waals surface area contributed by atoms with Gasteiger partial charge in [-0.05, 0) is 36.4 Å². The molecule has 0 saturated carbocycles. The fraction of sp³-hybridized carbons (Fsp3) is 0.0870. The first kappa shape index (κ1) is 19.3. The molecule has 1 N–H and O–H groups in total. The Balaban J connectivity index is 1.68. The van der Waals surface area contributed by atoms with Gasteiger partial charge >= 0.3 is 0 Å². The minimum Gasteiger partial charge on any atom is -0.486 e. The number of imidazole rings is 1. The molecule has 8 heteroatoms. The average Bonchev–Trinajstić information content (AvgIpc) is 3.11. The first-order chi connectivity index (χ1) is 15.1. The molecule has 0 fully saturated rings. The summed E-state index contributed by atoms with van der Waals surface area (Å²) in [5.41, 5.74) is 1.88. The molecule has 0 aliphatic carbocycles. The number of aromatic nitrogens is 2. The molecule has 0 atom stereocenters. The maximum absolute atomic E-state index is 14.8. The standard InChI is InChI=1S/C23H17ClFN3O3/c1-2-29-15-7-9-20-27-22(21-16(24)4-3-5-17(21)25)23(28(20)13-15)26-14-6-8-18-19(12-14)31-11-10-30-18/h2-9,12-13,26H,1,10-11H2. The Kier molecular flexibility index (Phi) is 4.88. The van der Waals surface area contributed by atoms with E-state index in [4.69, 9.17) is 25.8 Å². The van der Waals surface area contributed by atoms with Crippen LogP contribution in [0, 0.1) is 5.82 Å². The normalized spacial score (nSPS) is 12.6. The summed E-state index contributed by atoms with van der Waals surface area (Å²) < 4.78 is 33.2. The molecule has 2 aromatic heterocycles. The highest BCUT2D eigenvalue weighted by atomic mass is 35.5. The number of hydrogen-bond donors (Lipinski definition) is 1. The van der Waals surface area contributed by atoms with E-state index in [0.29, 0.717) is 47.6 Å². The minimum absolute atomic E-state index is 0.207. The Morgan fingerprint density at radius 1 is 1.13 bits per heavy atom. The molecule has 0 saturated heterocycles. The van der Waals surface area contributed by atoms with Gasteiger partial charge in [-0.1, -0.05) is 24.2 Å². The van der Waals surface area contributed by atoms with Crippen molar-refractivity contribution in [2.24, 2.45) is 0 Å². The van der Waals surface area contributed by atoms with E-state index < -0.39 is 5.82 Å². The van der Waals surface area contributed by atoms with Gasteiger partial charge in [-0.25, -0.2) is 9.37 Å². The van der Waals surface area contributed by atoms with Crippen LogP contribution in [0.5, 0.6) is 17.2 Å². The molecule has 3 heterocycles. The van der Waals surface area contributed by atoms with Crippen molar-refractivity contribution in [1.29, 1.82) is 0 Å². The minimum atomic E-state index is -0.469. The zero-order valence-electron chi connectivity index (χ0n) is 16.3. The number of fused-ring (bicyclic) bond motifs is 2. The van der Waals surface area contributed by atoms with Crippen LogP contribution in [0.4, 0.5) is 15.9 Å². The van der Waals surface area contributed by atoms with Crippen LogP contribution < -0.4 is 19.5 Å². The molecule has 0 amide bonds. The van der Waals surface area contributed by atoms with Gasteiger partial charge < -0.3 is 19.5 Å². The van der Waals surface area contributed by atoms with Gasteiger partial charge in [0.25, 0.3) is 0 Å². The van der Waals surface area contributed by atoms with Gasteiger partial charge in [0, 0.05) is 11.8 Å². The molecule has 0 bridgehead atoms. The second kappa shape index (κ2) is 7.85. The van der Waals surface area contributed by atoms with Crippen LogP contribution >= 0.6 is 11.6 Å². The average molecular weight is 438 g/mol. The summed E-state index contributed by atoms with van der Waals surface area (Å²) in [4.78, 5) is 4.63. The molecule has 0 unspecified atom stereocenters. The molecule has 31 heavy (non-hydrogen) atoms. The summed E-state index contributed by atoms with van der Waals surface area (Å²) in [5, 5.41) is 3.59. The van der Waals surface area contributed by atoms with Crippen molar-refractivity contribution >= 4 is 28.8 Å². The molecular formula is C23H17ClFN3O3. The van der Waals surface area contributed by atoms with Crippen LogP contribution in [0.15, 0.2) is 67.6 Å². The highest BCUT2D eigenvalue weighted by Crippen LogP contribution is 2.39. The number of nitrogens with one attached hydrogen (secondary N) is 1. The number of nitrogens with zero attached hydrogens (tertiary/aromatic N) is 2. The zero-order valence-corrected chi connectivity index (χ0v) is 17.0. The number of ether oxygens (including phenoxy) is 3. The third kappa shape index (κ3) is 3.53. The smallest absolute Gasteiger partial charge is 0.163 e. The number of halogens is 2. The van der Waals surface area contributed by atoms with Crippen LogP contribution in [0.25, 0.3) is 16.9 Å². The van der Waals surface area contributed by atoms with Crippen molar-refractivity contribution in [1.82, 2.24) is 9.38 Å². The quantitative estimate of drug-likeness (QED) is 0.398. The lowest BCUT2D eigenvalue weighted by molar-refractivity contribution is 0.171. The molecule has 0 spiro atoms. The van der Waals surface area contributed by atoms with Gasteiger partial charge in [0.15, 0.2) is 11.5 Å². The Bertz CT molecular complexity index is 1280. The van der Waals surface area contributed by atoms with E-state index in [0.717, 1.165) is 5.69 Å². The van der Waals surface area contributed by atoms with Crippen molar-refractivity contribution in [3.05, 3.63) is 78.4 Å². The number of rotatable bonds is 5. The van der Waals surface area contributed by atoms with Gasteiger partial charge in [0.1, 0.15) is 41.9 Å². The zero-order chi connectivity index (χ0) is 21.4. The van der Waals surface area contributed by atoms with Crippen molar-refractivity contribution in [3.63, 3.8) is 0 Å². The second-order valence-electron chi connectivity index (χ2n) is 6.77. The SMILES string of the molecule is C=COc1ccc2nc(-c3c(F)cccc3Cl)c(Nc3ccc4c(c3)OCCO4)n2c1. The fourth-order valence-corrected chi connectivity index (χ4v) is 3.72. The summed E-state index contributed by atoms with van der Waals surface area (Å²) in [6, 6.07) is 13.6. The molecule has 4 aromatic rings. The number of benzene rings is 2. The van der Waals surface area contributed by atoms with Gasteiger partial charge in [0.05, 0.1) is 23.0 Å². The van der Waals surface area contributed by atoms with Crippen LogP contribution in [-0.4, -0.2) is 22.6 Å². The molecule has 1 aliphatic heterocycles. The molecule has 156 valence electrons. The lowest BCUT2D eigenvalue weighted by Crippen LogP contribution is -2.15. The van der Waals surface area contributed by atoms with Crippen LogP contribution in [-0.2, 0) is 0 Å². The molecule has 1 aliphatic rings. The van der Waals surface area contributed by atoms with Crippen LogP contribution in [0.2, 0.25) is 5.02 Å². The topological polar surface area (TPSA) is 57.0 Å². The largest absolute Gasteiger partial charge is 0.486 e. The predicted octanol–water partition coefficient (Wildman–Crippen LogP) is 5.83. The first-order valence-corrected chi connectivity index (χ1v) is 9.92. The van der Waals surface area contributed by atoms with Gasteiger partial charge in [-0.3, -0.25) is 4.40 Å². The highest BCUT2D eigenvalue weighted by Gasteiger charge is 2.21. The Hall–Kier alpha value is -3.71. The van der Waals surface area contributed by atoms with Gasteiger partial charge in [0.2, 0.25) is 0 Å². The van der Waals surface area contributed by atoms with Crippen molar-refractivity contribution < 1.29 is 18.6 Å². The fourth-order valence-electron chi connectivity index (χ4n) is 3.47. The first-order valence-electron chi connectivity index (χ1n) is 9.55. The summed E-state index contributed by atoms with van der Waals surface area (Å²) in [6.07, 6.45) is 3.07. The summed E-state index contributed by atoms with van der Waals surface area (Å²) >= 11 is 6.35. The lowest BCUT2D eigenvalue weighted by atomic mass is 10.1. The van der Waals surface area contributed by atoms with Gasteiger partial charge in [-0.15, -0.1) is 0 Å². The second-order valence-corrected chi connectivity index (χ2v) is 7.17. The third-order valence-corrected chi connectivity index (χ3v) is 5.13. The van der Waals surface area contributed by atoms with Crippen molar-refractivity contribution in [2.45, 2.75) is 0 Å². The molecule has 5 rings (SSSR count). The molecular weight excluding hydrogens is 421 g/mol. The Morgan fingerprint density at radius 2 is 1.97 bits per heavy atom. The van der Waals surface area contributed by atoms with E-state index in [1.54, 1.807) is 34.9 Å². The monoisotopic (exact) mass is 437 g/mol. The van der Waals surface area contributed by atoms with E-state index in [9.17, 15) is 4.39 Å². The van der Waals surface area contributed by atoms with Crippen LogP contribution in [0.3, 0.4) is 0 Å². The Morgan fingerprint density at radius 3 is 2.77 bits per heavy atom. The number of hydrogen-bond acceptors (Lipinski definition) is 5. The number of anilines is 2. The molecule has 0 radical (unpaired) electrons. The third-order valence-electron chi connectivity index (χ3n) is 4.82. The van der Waals surface area contributed by atoms with E-state index in [1.165, 1.54) is 12.3 Å². The highest BCUT2D eigenvalue weighted by molar-refractivity contribution is 6.33. The maximum atomic E-state index is 14.8. The summed E-state index contributed by atoms with van der Waals surface area (Å²) in [5.74, 6) is 1.91. The van der Waals surface area contributed by atoms with E-state index >= 15 is 0 Å². The molecule has 2 aromatic carbocycles. The maximum Gasteiger partial charge on any atom is 0.163 e. The summed E-state index contributed by atoms with van der Waals surface area (Å²) in [7, 11) is 0. The predicted molar refractivity (Wildman–Crippen MR) is 117 cm³/mol. The molecule has 6 nitrogen and oxygen atoms in total. The van der Waals surface area contributed by atoms with E-state index in [1.807, 2.05) is 18.2 Å². The number of pyridine rings is 1. The van der Waals surface area contributed by atoms with Gasteiger partial charge in [-0.2, -0.15) is 0 Å². The summed E-state index contributed by atoms with van der Waals surface area (Å²) in [6.45, 7) is 4.57. The Labute approximate surface area is 182 Å². The van der Waals surface area contributed by atoms with Crippen LogP contribution in [0.1, 0.15) is 0 Å². The van der Waals surface area contributed by atoms with E-state index in [-0.39, 0.29) is 10.6 Å².